The van der Waals surface area contributed by atoms with Crippen molar-refractivity contribution >= 4 is 32.3 Å². The number of methoxy groups -OCH3 is 1. The van der Waals surface area contributed by atoms with Gasteiger partial charge in [0.15, 0.2) is 0 Å². The van der Waals surface area contributed by atoms with Crippen molar-refractivity contribution in [1.82, 2.24) is 9.55 Å². The first-order valence-corrected chi connectivity index (χ1v) is 7.36. The van der Waals surface area contributed by atoms with Crippen LogP contribution in [0.25, 0.3) is 26.7 Å². The van der Waals surface area contributed by atoms with Crippen LogP contribution in [-0.2, 0) is 0 Å². The van der Waals surface area contributed by atoms with Crippen molar-refractivity contribution in [1.29, 1.82) is 0 Å². The normalized spacial score (nSPS) is 11.3. The molecule has 0 spiro atoms. The molecule has 104 valence electrons. The van der Waals surface area contributed by atoms with E-state index in [0.29, 0.717) is 0 Å². The fraction of sp³-hybridized carbons (Fsp3) is 0.0625. The molecular weight excluding hydrogens is 284 g/mol. The summed E-state index contributed by atoms with van der Waals surface area (Å²) in [5.41, 5.74) is 3.71. The second-order valence-corrected chi connectivity index (χ2v) is 5.67. The molecular formula is C16H12N2O2S. The Morgan fingerprint density at radius 2 is 2.10 bits per heavy atom. The van der Waals surface area contributed by atoms with Gasteiger partial charge in [0.25, 0.3) is 0 Å². The number of rotatable bonds is 2. The molecule has 1 N–H and O–H groups in total. The third kappa shape index (κ3) is 1.86. The number of ether oxygens (including phenoxy) is 1. The van der Waals surface area contributed by atoms with Crippen LogP contribution in [0.15, 0.2) is 48.1 Å². The molecule has 5 heteroatoms. The molecule has 0 atom stereocenters. The molecule has 0 radical (unpaired) electrons. The van der Waals surface area contributed by atoms with E-state index in [4.69, 9.17) is 4.74 Å². The molecule has 2 aromatic heterocycles. The Hall–Kier alpha value is -2.53. The lowest BCUT2D eigenvalue weighted by Gasteiger charge is -2.04. The van der Waals surface area contributed by atoms with Crippen molar-refractivity contribution in [2.45, 2.75) is 0 Å². The Morgan fingerprint density at radius 3 is 2.95 bits per heavy atom. The number of fused-ring (bicyclic) bond motifs is 2. The van der Waals surface area contributed by atoms with Crippen molar-refractivity contribution < 1.29 is 9.84 Å². The van der Waals surface area contributed by atoms with Gasteiger partial charge in [-0.1, -0.05) is 0 Å². The molecule has 21 heavy (non-hydrogen) atoms. The standard InChI is InChI=1S/C16H12N2O2S/c1-20-12-4-2-10-8-18(16(19)13(10)7-12)11-3-5-14-15(6-11)21-9-17-14/h2-9,19H,1H3. The maximum Gasteiger partial charge on any atom is 0.203 e. The Kier molecular flexibility index (Phi) is 2.62. The van der Waals surface area contributed by atoms with Gasteiger partial charge in [-0.2, -0.15) is 0 Å². The van der Waals surface area contributed by atoms with E-state index in [-0.39, 0.29) is 5.88 Å². The van der Waals surface area contributed by atoms with E-state index in [9.17, 15) is 5.11 Å². The monoisotopic (exact) mass is 296 g/mol. The number of hydrogen-bond acceptors (Lipinski definition) is 4. The largest absolute Gasteiger partial charge is 0.497 e. The summed E-state index contributed by atoms with van der Waals surface area (Å²) in [5.74, 6) is 0.946. The topological polar surface area (TPSA) is 47.3 Å². The van der Waals surface area contributed by atoms with Crippen LogP contribution in [0.3, 0.4) is 0 Å². The van der Waals surface area contributed by atoms with Crippen LogP contribution in [0.5, 0.6) is 11.6 Å². The van der Waals surface area contributed by atoms with Crippen molar-refractivity contribution in [2.24, 2.45) is 0 Å². The highest BCUT2D eigenvalue weighted by atomic mass is 32.1. The minimum absolute atomic E-state index is 0.216. The van der Waals surface area contributed by atoms with E-state index in [2.05, 4.69) is 4.98 Å². The average molecular weight is 296 g/mol. The van der Waals surface area contributed by atoms with Crippen molar-refractivity contribution in [3.8, 4) is 17.3 Å². The van der Waals surface area contributed by atoms with Crippen LogP contribution in [0.2, 0.25) is 0 Å². The third-order valence-electron chi connectivity index (χ3n) is 3.59. The van der Waals surface area contributed by atoms with Crippen LogP contribution < -0.4 is 4.74 Å². The molecule has 0 saturated carbocycles. The van der Waals surface area contributed by atoms with Gasteiger partial charge in [0.1, 0.15) is 5.75 Å². The maximum absolute atomic E-state index is 10.5. The summed E-state index contributed by atoms with van der Waals surface area (Å²) in [7, 11) is 1.62. The maximum atomic E-state index is 10.5. The Bertz CT molecular complexity index is 955. The number of aromatic nitrogens is 2. The van der Waals surface area contributed by atoms with Gasteiger partial charge >= 0.3 is 0 Å². The Labute approximate surface area is 124 Å². The van der Waals surface area contributed by atoms with E-state index in [1.165, 1.54) is 0 Å². The molecule has 2 heterocycles. The predicted molar refractivity (Wildman–Crippen MR) is 84.7 cm³/mol. The molecule has 4 nitrogen and oxygen atoms in total. The summed E-state index contributed by atoms with van der Waals surface area (Å²) >= 11 is 1.59. The van der Waals surface area contributed by atoms with Crippen LogP contribution in [0.4, 0.5) is 0 Å². The lowest BCUT2D eigenvalue weighted by atomic mass is 10.2. The Balaban J connectivity index is 1.94. The summed E-state index contributed by atoms with van der Waals surface area (Å²) in [5, 5.41) is 12.2. The van der Waals surface area contributed by atoms with Crippen LogP contribution in [0.1, 0.15) is 0 Å². The lowest BCUT2D eigenvalue weighted by molar-refractivity contribution is 0.414. The number of thiazole rings is 1. The van der Waals surface area contributed by atoms with E-state index in [1.54, 1.807) is 23.0 Å². The molecule has 0 aliphatic heterocycles. The molecule has 0 aliphatic rings. The summed E-state index contributed by atoms with van der Waals surface area (Å²) in [6.07, 6.45) is 1.92. The second kappa shape index (κ2) is 4.49. The van der Waals surface area contributed by atoms with Crippen molar-refractivity contribution in [3.63, 3.8) is 0 Å². The van der Waals surface area contributed by atoms with E-state index in [1.807, 2.05) is 48.1 Å². The zero-order valence-electron chi connectivity index (χ0n) is 11.3. The van der Waals surface area contributed by atoms with Gasteiger partial charge in [-0.25, -0.2) is 4.98 Å². The summed E-state index contributed by atoms with van der Waals surface area (Å²) < 4.78 is 8.09. The number of hydrogen-bond donors (Lipinski definition) is 1. The number of nitrogens with zero attached hydrogens (tertiary/aromatic N) is 2. The number of aromatic hydroxyl groups is 1. The highest BCUT2D eigenvalue weighted by Crippen LogP contribution is 2.33. The van der Waals surface area contributed by atoms with Gasteiger partial charge in [0.05, 0.1) is 28.5 Å². The van der Waals surface area contributed by atoms with Crippen LogP contribution >= 0.6 is 11.3 Å². The molecule has 0 fully saturated rings. The highest BCUT2D eigenvalue weighted by molar-refractivity contribution is 7.16. The number of benzene rings is 2. The summed E-state index contributed by atoms with van der Waals surface area (Å²) in [4.78, 5) is 4.27. The predicted octanol–water partition coefficient (Wildman–Crippen LogP) is 3.95. The molecule has 4 aromatic rings. The fourth-order valence-electron chi connectivity index (χ4n) is 2.49. The van der Waals surface area contributed by atoms with E-state index < -0.39 is 0 Å². The molecule has 0 aliphatic carbocycles. The average Bonchev–Trinajstić information content (AvgIpc) is 3.11. The highest BCUT2D eigenvalue weighted by Gasteiger charge is 2.11. The lowest BCUT2D eigenvalue weighted by Crippen LogP contribution is -1.90. The first-order chi connectivity index (χ1) is 10.3. The molecule has 0 bridgehead atoms. The van der Waals surface area contributed by atoms with E-state index in [0.717, 1.165) is 32.4 Å². The minimum atomic E-state index is 0.216. The van der Waals surface area contributed by atoms with E-state index >= 15 is 0 Å². The van der Waals surface area contributed by atoms with Crippen LogP contribution in [-0.4, -0.2) is 21.8 Å². The summed E-state index contributed by atoms with van der Waals surface area (Å²) in [6, 6.07) is 11.6. The first kappa shape index (κ1) is 12.2. The fourth-order valence-corrected chi connectivity index (χ4v) is 3.20. The van der Waals surface area contributed by atoms with Gasteiger partial charge in [-0.05, 0) is 36.4 Å². The van der Waals surface area contributed by atoms with Gasteiger partial charge < -0.3 is 9.84 Å². The Morgan fingerprint density at radius 1 is 1.19 bits per heavy atom. The minimum Gasteiger partial charge on any atom is -0.497 e. The third-order valence-corrected chi connectivity index (χ3v) is 4.38. The molecule has 0 amide bonds. The van der Waals surface area contributed by atoms with Crippen molar-refractivity contribution in [2.75, 3.05) is 7.11 Å². The first-order valence-electron chi connectivity index (χ1n) is 6.48. The van der Waals surface area contributed by atoms with Gasteiger partial charge in [-0.3, -0.25) is 4.57 Å². The SMILES string of the molecule is COc1ccc2cn(-c3ccc4ncsc4c3)c(O)c2c1. The smallest absolute Gasteiger partial charge is 0.203 e. The van der Waals surface area contributed by atoms with Gasteiger partial charge in [0.2, 0.25) is 5.88 Å². The van der Waals surface area contributed by atoms with Crippen LogP contribution in [0, 0.1) is 0 Å². The quantitative estimate of drug-likeness (QED) is 0.609. The van der Waals surface area contributed by atoms with Gasteiger partial charge in [-0.15, -0.1) is 11.3 Å². The zero-order valence-corrected chi connectivity index (χ0v) is 12.1. The molecule has 4 rings (SSSR count). The summed E-state index contributed by atoms with van der Waals surface area (Å²) in [6.45, 7) is 0. The zero-order chi connectivity index (χ0) is 14.4. The molecule has 2 aromatic carbocycles. The second-order valence-electron chi connectivity index (χ2n) is 4.78. The van der Waals surface area contributed by atoms with Gasteiger partial charge in [0, 0.05) is 17.0 Å². The molecule has 0 unspecified atom stereocenters. The molecule has 0 saturated heterocycles. The van der Waals surface area contributed by atoms with Crippen molar-refractivity contribution in [3.05, 3.63) is 48.1 Å².